The molecule has 0 aromatic heterocycles. The van der Waals surface area contributed by atoms with Gasteiger partial charge in [0.25, 0.3) is 0 Å². The van der Waals surface area contributed by atoms with Crippen LogP contribution >= 0.6 is 0 Å². The first kappa shape index (κ1) is 72.6. The van der Waals surface area contributed by atoms with Gasteiger partial charge in [-0.05, 0) is 39.0 Å². The molecule has 434 valence electrons. The van der Waals surface area contributed by atoms with E-state index in [9.17, 15) is 0 Å². The molecular formula is C48H110O18Si6. The fourth-order valence-electron chi connectivity index (χ4n) is 7.82. The first-order valence-electron chi connectivity index (χ1n) is 26.5. The molecule has 18 nitrogen and oxygen atoms in total. The van der Waals surface area contributed by atoms with Crippen LogP contribution in [0.5, 0.6) is 0 Å². The molecule has 0 fully saturated rings. The van der Waals surface area contributed by atoms with Gasteiger partial charge in [-0.25, -0.2) is 0 Å². The van der Waals surface area contributed by atoms with Crippen molar-refractivity contribution in [2.45, 2.75) is 104 Å². The Balaban J connectivity index is 5.62. The van der Waals surface area contributed by atoms with Crippen LogP contribution in [0.1, 0.15) is 12.8 Å². The summed E-state index contributed by atoms with van der Waals surface area (Å²) < 4.78 is 104. The highest BCUT2D eigenvalue weighted by Gasteiger charge is 2.67. The molecule has 24 heteroatoms. The SMILES string of the molecule is COCCOCCOCCOCC(CCO[Si](C)(C)[Si](C)(C)[Si](C)(C)[Si](C)(C)[Si](C)(C)[Si](C)(C)OCCC(COCCOCCOCCOC)OCCOCCOCCOC)OCCOCCOCCOC. The van der Waals surface area contributed by atoms with Gasteiger partial charge in [0.1, 0.15) is 0 Å². The van der Waals surface area contributed by atoms with Crippen LogP contribution in [-0.2, 0) is 84.6 Å². The quantitative estimate of drug-likeness (QED) is 0.0517. The predicted octanol–water partition coefficient (Wildman–Crippen LogP) is 5.96. The zero-order chi connectivity index (χ0) is 54.1. The Morgan fingerprint density at radius 2 is 0.444 bits per heavy atom. The van der Waals surface area contributed by atoms with Gasteiger partial charge < -0.3 is 84.6 Å². The molecule has 0 aliphatic rings. The summed E-state index contributed by atoms with van der Waals surface area (Å²) in [6, 6.07) is 0. The second-order valence-corrected chi connectivity index (χ2v) is 83.6. The summed E-state index contributed by atoms with van der Waals surface area (Å²) in [4.78, 5) is 0. The molecule has 2 unspecified atom stereocenters. The van der Waals surface area contributed by atoms with Gasteiger partial charge in [-0.2, -0.15) is 0 Å². The van der Waals surface area contributed by atoms with E-state index in [1.807, 2.05) is 0 Å². The van der Waals surface area contributed by atoms with Crippen LogP contribution in [0.25, 0.3) is 0 Å². The zero-order valence-electron chi connectivity index (χ0n) is 48.7. The van der Waals surface area contributed by atoms with E-state index in [2.05, 4.69) is 78.6 Å². The van der Waals surface area contributed by atoms with Crippen molar-refractivity contribution in [1.29, 1.82) is 0 Å². The topological polar surface area (TPSA) is 166 Å². The first-order valence-corrected chi connectivity index (χ1v) is 49.3. The van der Waals surface area contributed by atoms with E-state index in [4.69, 9.17) is 84.6 Å². The average Bonchev–Trinajstić information content (AvgIpc) is 3.33. The minimum Gasteiger partial charge on any atom is -0.420 e. The highest BCUT2D eigenvalue weighted by molar-refractivity contribution is 7.96. The maximum Gasteiger partial charge on any atom is 0.170 e. The molecule has 0 bridgehead atoms. The average molecular weight is 1140 g/mol. The highest BCUT2D eigenvalue weighted by atomic mass is 30.0. The minimum absolute atomic E-state index is 0.123. The third-order valence-corrected chi connectivity index (χ3v) is 131. The maximum absolute atomic E-state index is 7.19. The second kappa shape index (κ2) is 43.5. The summed E-state index contributed by atoms with van der Waals surface area (Å²) in [7, 11) is -5.06. The highest BCUT2D eigenvalue weighted by Crippen LogP contribution is 2.42. The summed E-state index contributed by atoms with van der Waals surface area (Å²) in [5, 5.41) is 0. The van der Waals surface area contributed by atoms with Gasteiger partial charge in [-0.1, -0.05) is 52.4 Å². The molecular weight excluding hydrogens is 1030 g/mol. The van der Waals surface area contributed by atoms with E-state index < -0.39 is 44.1 Å². The number of rotatable bonds is 55. The molecule has 0 saturated heterocycles. The molecule has 0 aromatic rings. The van der Waals surface area contributed by atoms with E-state index in [-0.39, 0.29) is 12.2 Å². The van der Waals surface area contributed by atoms with Gasteiger partial charge in [-0.3, -0.25) is 0 Å². The van der Waals surface area contributed by atoms with E-state index in [0.29, 0.717) is 185 Å². The molecule has 0 heterocycles. The van der Waals surface area contributed by atoms with Crippen LogP contribution in [-0.4, -0.2) is 270 Å². The van der Waals surface area contributed by atoms with Crippen molar-refractivity contribution in [3.05, 3.63) is 0 Å². The smallest absolute Gasteiger partial charge is 0.170 e. The summed E-state index contributed by atoms with van der Waals surface area (Å²) in [6.45, 7) is 46.2. The monoisotopic (exact) mass is 1140 g/mol. The van der Waals surface area contributed by atoms with Crippen LogP contribution in [0, 0.1) is 0 Å². The summed E-state index contributed by atoms with van der Waals surface area (Å²) >= 11 is 0. The molecule has 0 amide bonds. The lowest BCUT2D eigenvalue weighted by atomic mass is 10.3. The van der Waals surface area contributed by atoms with Gasteiger partial charge in [0.2, 0.25) is 0 Å². The molecule has 0 rings (SSSR count). The Labute approximate surface area is 443 Å². The lowest BCUT2D eigenvalue weighted by molar-refractivity contribution is -0.0603. The molecule has 72 heavy (non-hydrogen) atoms. The number of hydrogen-bond donors (Lipinski definition) is 0. The van der Waals surface area contributed by atoms with E-state index in [0.717, 1.165) is 12.8 Å². The Hall–Kier alpha value is 0.581. The molecule has 2 atom stereocenters. The fourth-order valence-corrected chi connectivity index (χ4v) is 150. The van der Waals surface area contributed by atoms with Crippen molar-refractivity contribution in [3.63, 3.8) is 0 Å². The molecule has 0 aliphatic carbocycles. The molecule has 0 saturated carbocycles. The van der Waals surface area contributed by atoms with Crippen molar-refractivity contribution in [2.24, 2.45) is 0 Å². The lowest BCUT2D eigenvalue weighted by Gasteiger charge is -2.60. The standard InChI is InChI=1S/C48H110O18Si6/c1-49-21-25-53-29-33-57-37-39-61-45-47(63-43-41-59-35-31-55-27-23-51-3)17-19-65-67(5,6)69(9,10)71(13,14)72(15,16)70(11,12)68(7,8)66-20-18-48(64-44-42-60-36-32-56-28-24-52-4)46-62-40-38-58-34-30-54-26-22-50-2/h47-48H,17-46H2,1-16H3. The van der Waals surface area contributed by atoms with Crippen molar-refractivity contribution >= 4 is 44.1 Å². The third-order valence-electron chi connectivity index (χ3n) is 15.2. The van der Waals surface area contributed by atoms with Crippen LogP contribution < -0.4 is 0 Å². The van der Waals surface area contributed by atoms with Crippen LogP contribution in [0.3, 0.4) is 0 Å². The normalized spacial score (nSPS) is 14.2. The zero-order valence-corrected chi connectivity index (χ0v) is 54.7. The summed E-state index contributed by atoms with van der Waals surface area (Å²) in [6.07, 6.45) is 1.25. The molecule has 0 aliphatic heterocycles. The maximum atomic E-state index is 7.19. The third kappa shape index (κ3) is 30.7. The summed E-state index contributed by atoms with van der Waals surface area (Å²) in [5.41, 5.74) is 0. The Morgan fingerprint density at radius 1 is 0.236 bits per heavy atom. The predicted molar refractivity (Wildman–Crippen MR) is 301 cm³/mol. The van der Waals surface area contributed by atoms with Crippen molar-refractivity contribution in [3.8, 4) is 0 Å². The van der Waals surface area contributed by atoms with Gasteiger partial charge in [0.15, 0.2) is 15.7 Å². The van der Waals surface area contributed by atoms with Gasteiger partial charge in [0, 0.05) is 55.9 Å². The van der Waals surface area contributed by atoms with Gasteiger partial charge >= 0.3 is 0 Å². The Morgan fingerprint density at radius 3 is 0.681 bits per heavy atom. The first-order chi connectivity index (χ1) is 34.2. The summed E-state index contributed by atoms with van der Waals surface area (Å²) in [5.74, 6) is 0. The van der Waals surface area contributed by atoms with Crippen LogP contribution in [0.2, 0.25) is 78.6 Å². The van der Waals surface area contributed by atoms with Crippen LogP contribution in [0.15, 0.2) is 0 Å². The Bertz CT molecular complexity index is 1140. The number of methoxy groups -OCH3 is 4. The van der Waals surface area contributed by atoms with E-state index in [1.165, 1.54) is 0 Å². The molecule has 0 N–H and O–H groups in total. The Kier molecular flexibility index (Phi) is 43.8. The minimum atomic E-state index is -2.13. The molecule has 0 spiro atoms. The van der Waals surface area contributed by atoms with Crippen molar-refractivity contribution < 1.29 is 84.6 Å². The number of hydrogen-bond acceptors (Lipinski definition) is 18. The number of ether oxygens (including phenoxy) is 16. The fraction of sp³-hybridized carbons (Fsp3) is 1.00. The molecule has 0 radical (unpaired) electrons. The van der Waals surface area contributed by atoms with Crippen molar-refractivity contribution in [2.75, 3.05) is 213 Å². The van der Waals surface area contributed by atoms with Gasteiger partial charge in [0.05, 0.1) is 198 Å². The second-order valence-electron chi connectivity index (χ2n) is 20.8. The van der Waals surface area contributed by atoms with Gasteiger partial charge in [-0.15, -0.1) is 0 Å². The largest absolute Gasteiger partial charge is 0.420 e. The van der Waals surface area contributed by atoms with E-state index in [1.54, 1.807) is 28.4 Å². The lowest BCUT2D eigenvalue weighted by Crippen LogP contribution is -2.88. The molecule has 0 aromatic carbocycles. The van der Waals surface area contributed by atoms with Crippen LogP contribution in [0.4, 0.5) is 0 Å². The van der Waals surface area contributed by atoms with E-state index >= 15 is 0 Å². The van der Waals surface area contributed by atoms with Crippen molar-refractivity contribution in [1.82, 2.24) is 0 Å².